The summed E-state index contributed by atoms with van der Waals surface area (Å²) < 4.78 is 0. The van der Waals surface area contributed by atoms with Crippen LogP contribution in [0.25, 0.3) is 0 Å². The third-order valence-electron chi connectivity index (χ3n) is 10.7. The Morgan fingerprint density at radius 1 is 0.433 bits per heavy atom. The van der Waals surface area contributed by atoms with Crippen molar-refractivity contribution in [3.8, 4) is 34.5 Å². The number of aromatic hydroxyl groups is 6. The summed E-state index contributed by atoms with van der Waals surface area (Å²) in [6, 6.07) is 8.46. The highest BCUT2D eigenvalue weighted by Crippen LogP contribution is 2.30. The number of carbonyl (C=O) groups is 6. The molecular weight excluding hydrogens is 873 g/mol. The number of phenolic OH excluding ortho intramolecular Hbond substituents is 6. The summed E-state index contributed by atoms with van der Waals surface area (Å²) >= 11 is 0. The first-order chi connectivity index (χ1) is 32.1. The molecule has 0 unspecified atom stereocenters. The summed E-state index contributed by atoms with van der Waals surface area (Å²) in [6.07, 6.45) is 3.76. The molecule has 0 heterocycles. The molecule has 6 amide bonds. The van der Waals surface area contributed by atoms with Gasteiger partial charge in [0.25, 0.3) is 17.7 Å². The molecule has 3 atom stereocenters. The first-order valence-electron chi connectivity index (χ1n) is 22.2. The van der Waals surface area contributed by atoms with Crippen molar-refractivity contribution in [3.63, 3.8) is 0 Å². The van der Waals surface area contributed by atoms with Gasteiger partial charge in [-0.05, 0) is 114 Å². The van der Waals surface area contributed by atoms with Gasteiger partial charge in [0.15, 0.2) is 34.5 Å². The van der Waals surface area contributed by atoms with Gasteiger partial charge >= 0.3 is 0 Å². The summed E-state index contributed by atoms with van der Waals surface area (Å²) in [6.45, 7) is 1.61. The molecular formula is C45H66N10O12. The van der Waals surface area contributed by atoms with E-state index in [1.807, 2.05) is 4.90 Å². The molecule has 0 aliphatic carbocycles. The van der Waals surface area contributed by atoms with Crippen LogP contribution in [0.4, 0.5) is 0 Å². The van der Waals surface area contributed by atoms with Crippen LogP contribution in [0.1, 0.15) is 88.9 Å². The lowest BCUT2D eigenvalue weighted by Crippen LogP contribution is -2.51. The fraction of sp³-hybridized carbons (Fsp3) is 0.467. The summed E-state index contributed by atoms with van der Waals surface area (Å²) in [5.74, 6) is -7.47. The molecule has 368 valence electrons. The summed E-state index contributed by atoms with van der Waals surface area (Å²) in [7, 11) is 0. The fourth-order valence-corrected chi connectivity index (χ4v) is 6.85. The van der Waals surface area contributed by atoms with E-state index in [-0.39, 0.29) is 75.2 Å². The molecule has 3 aromatic rings. The number of carbonyl (C=O) groups excluding carboxylic acids is 6. The molecule has 22 heteroatoms. The Morgan fingerprint density at radius 2 is 0.701 bits per heavy atom. The van der Waals surface area contributed by atoms with Gasteiger partial charge in [0, 0.05) is 39.3 Å². The van der Waals surface area contributed by atoms with E-state index in [1.54, 1.807) is 0 Å². The van der Waals surface area contributed by atoms with E-state index < -0.39 is 88.1 Å². The molecule has 0 bridgehead atoms. The number of rotatable bonds is 30. The van der Waals surface area contributed by atoms with Crippen LogP contribution in [-0.4, -0.2) is 148 Å². The second-order valence-corrected chi connectivity index (χ2v) is 15.7. The van der Waals surface area contributed by atoms with E-state index >= 15 is 0 Å². The molecule has 22 nitrogen and oxygen atoms in total. The Balaban J connectivity index is 1.75. The normalized spacial score (nSPS) is 12.4. The maximum Gasteiger partial charge on any atom is 0.255 e. The highest BCUT2D eigenvalue weighted by molar-refractivity contribution is 6.01. The maximum absolute atomic E-state index is 13.5. The van der Waals surface area contributed by atoms with Crippen molar-refractivity contribution in [2.75, 3.05) is 58.9 Å². The van der Waals surface area contributed by atoms with E-state index in [1.165, 1.54) is 54.6 Å². The molecule has 67 heavy (non-hydrogen) atoms. The van der Waals surface area contributed by atoms with Crippen LogP contribution in [0.3, 0.4) is 0 Å². The van der Waals surface area contributed by atoms with Gasteiger partial charge in [0.2, 0.25) is 17.7 Å². The lowest BCUT2D eigenvalue weighted by Gasteiger charge is -2.25. The van der Waals surface area contributed by atoms with Gasteiger partial charge in [-0.3, -0.25) is 33.7 Å². The van der Waals surface area contributed by atoms with Crippen LogP contribution in [0.2, 0.25) is 0 Å². The topological polar surface area (TPSA) is 377 Å². The predicted molar refractivity (Wildman–Crippen MR) is 247 cm³/mol. The van der Waals surface area contributed by atoms with Crippen LogP contribution in [0.15, 0.2) is 54.6 Å². The van der Waals surface area contributed by atoms with Gasteiger partial charge in [-0.25, -0.2) is 0 Å². The molecule has 0 spiro atoms. The number of benzene rings is 3. The molecule has 0 saturated heterocycles. The maximum atomic E-state index is 13.5. The van der Waals surface area contributed by atoms with Gasteiger partial charge in [-0.15, -0.1) is 0 Å². The highest BCUT2D eigenvalue weighted by atomic mass is 16.3. The number of para-hydroxylation sites is 3. The Bertz CT molecular complexity index is 1880. The molecule has 0 saturated carbocycles. The van der Waals surface area contributed by atoms with Crippen LogP contribution < -0.4 is 49.1 Å². The Hall–Kier alpha value is -6.88. The molecule has 0 fully saturated rings. The Morgan fingerprint density at radius 3 is 0.955 bits per heavy atom. The van der Waals surface area contributed by atoms with Gasteiger partial charge < -0.3 is 79.7 Å². The van der Waals surface area contributed by atoms with Gasteiger partial charge in [-0.2, -0.15) is 0 Å². The Labute approximate surface area is 388 Å². The molecule has 0 aromatic heterocycles. The smallest absolute Gasteiger partial charge is 0.255 e. The van der Waals surface area contributed by atoms with Gasteiger partial charge in [0.1, 0.15) is 18.1 Å². The van der Waals surface area contributed by atoms with Gasteiger partial charge in [-0.1, -0.05) is 18.2 Å². The first-order valence-corrected chi connectivity index (χ1v) is 22.2. The number of nitrogens with zero attached hydrogens (tertiary/aromatic N) is 1. The lowest BCUT2D eigenvalue weighted by atomic mass is 10.1. The SMILES string of the molecule is NCCCC[C@H](NC(=O)c1cccc(O)c1O)C(=O)NCCN(CCNC(=O)[C@H](CCCCN)NC(=O)c1cccc(O)c1O)CCNC(=O)[C@H](CCCCN)NC(=O)c1cccc(O)c1O. The first kappa shape index (κ1) is 54.5. The van der Waals surface area contributed by atoms with Crippen molar-refractivity contribution in [2.24, 2.45) is 17.2 Å². The number of nitrogens with two attached hydrogens (primary N) is 3. The van der Waals surface area contributed by atoms with Crippen molar-refractivity contribution in [3.05, 3.63) is 71.3 Å². The summed E-state index contributed by atoms with van der Waals surface area (Å²) in [5.41, 5.74) is 16.3. The second kappa shape index (κ2) is 28.9. The molecule has 3 aromatic carbocycles. The van der Waals surface area contributed by atoms with E-state index in [0.29, 0.717) is 58.2 Å². The van der Waals surface area contributed by atoms with Crippen LogP contribution in [-0.2, 0) is 14.4 Å². The number of phenols is 6. The lowest BCUT2D eigenvalue weighted by molar-refractivity contribution is -0.123. The van der Waals surface area contributed by atoms with Crippen LogP contribution >= 0.6 is 0 Å². The van der Waals surface area contributed by atoms with Crippen LogP contribution in [0.5, 0.6) is 34.5 Å². The third-order valence-corrected chi connectivity index (χ3v) is 10.7. The average molecular weight is 939 g/mol. The molecule has 3 rings (SSSR count). The van der Waals surface area contributed by atoms with E-state index in [0.717, 1.165) is 0 Å². The zero-order chi connectivity index (χ0) is 49.3. The molecule has 18 N–H and O–H groups in total. The van der Waals surface area contributed by atoms with Crippen molar-refractivity contribution >= 4 is 35.4 Å². The predicted octanol–water partition coefficient (Wildman–Crippen LogP) is -0.347. The number of hydrogen-bond acceptors (Lipinski definition) is 16. The van der Waals surface area contributed by atoms with E-state index in [2.05, 4.69) is 31.9 Å². The van der Waals surface area contributed by atoms with E-state index in [9.17, 15) is 59.4 Å². The number of nitrogens with one attached hydrogen (secondary N) is 6. The third kappa shape index (κ3) is 17.8. The largest absolute Gasteiger partial charge is 0.504 e. The molecule has 0 aliphatic rings. The minimum absolute atomic E-state index is 0.0255. The molecule has 0 radical (unpaired) electrons. The zero-order valence-corrected chi connectivity index (χ0v) is 37.5. The van der Waals surface area contributed by atoms with Crippen molar-refractivity contribution in [1.29, 1.82) is 0 Å². The zero-order valence-electron chi connectivity index (χ0n) is 37.5. The number of hydrogen-bond donors (Lipinski definition) is 15. The Kier molecular flexibility index (Phi) is 23.5. The van der Waals surface area contributed by atoms with Crippen LogP contribution in [0, 0.1) is 0 Å². The minimum atomic E-state index is -1.05. The minimum Gasteiger partial charge on any atom is -0.504 e. The standard InChI is InChI=1S/C45H66N10O12/c46-19-4-1-13-31(52-40(62)28-10-7-16-34(56)37(28)59)43(65)49-22-25-55(26-23-50-44(66)32(14-2-5-20-47)53-41(63)29-11-8-17-35(57)38(29)60)27-24-51-45(67)33(15-3-6-21-48)54-42(64)30-12-9-18-36(58)39(30)61/h7-12,16-18,31-33,56-61H,1-6,13-15,19-27,46-48H2,(H,49,65)(H,50,66)(H,51,67)(H,52,62)(H,53,63)(H,54,64)/t31-,32-,33-/m0/s1. The quantitative estimate of drug-likeness (QED) is 0.0300. The molecule has 0 aliphatic heterocycles. The van der Waals surface area contributed by atoms with Crippen molar-refractivity contribution in [1.82, 2.24) is 36.8 Å². The number of unbranched alkanes of at least 4 members (excludes halogenated alkanes) is 3. The monoisotopic (exact) mass is 938 g/mol. The van der Waals surface area contributed by atoms with Crippen molar-refractivity contribution in [2.45, 2.75) is 75.9 Å². The highest BCUT2D eigenvalue weighted by Gasteiger charge is 2.27. The summed E-state index contributed by atoms with van der Waals surface area (Å²) in [4.78, 5) is 81.7. The second-order valence-electron chi connectivity index (χ2n) is 15.7. The van der Waals surface area contributed by atoms with Gasteiger partial charge in [0.05, 0.1) is 16.7 Å². The summed E-state index contributed by atoms with van der Waals surface area (Å²) in [5, 5.41) is 76.7. The fourth-order valence-electron chi connectivity index (χ4n) is 6.85. The van der Waals surface area contributed by atoms with E-state index in [4.69, 9.17) is 17.2 Å². The average Bonchev–Trinajstić information content (AvgIpc) is 3.30. The van der Waals surface area contributed by atoms with Crippen molar-refractivity contribution < 1.29 is 59.4 Å². The number of amides is 6.